The molecule has 1 aliphatic heterocycles. The lowest BCUT2D eigenvalue weighted by molar-refractivity contribution is -0.121. The van der Waals surface area contributed by atoms with Crippen LogP contribution in [-0.2, 0) is 30.8 Å². The highest BCUT2D eigenvalue weighted by atomic mass is 79.9. The zero-order valence-electron chi connectivity index (χ0n) is 12.7. The van der Waals surface area contributed by atoms with E-state index >= 15 is 0 Å². The van der Waals surface area contributed by atoms with E-state index in [1.165, 1.54) is 21.6 Å². The van der Waals surface area contributed by atoms with Gasteiger partial charge in [-0.1, -0.05) is 18.2 Å². The summed E-state index contributed by atoms with van der Waals surface area (Å²) < 4.78 is 1.15. The molecule has 3 nitrogen and oxygen atoms in total. The van der Waals surface area contributed by atoms with E-state index in [1.54, 1.807) is 11.3 Å². The molecule has 23 heavy (non-hydrogen) atoms. The van der Waals surface area contributed by atoms with Crippen LogP contribution in [0.4, 0.5) is 0 Å². The molecule has 0 spiro atoms. The number of fused-ring (bicyclic) bond motifs is 1. The highest BCUT2D eigenvalue weighted by Crippen LogP contribution is 2.23. The molecule has 0 atom stereocenters. The summed E-state index contributed by atoms with van der Waals surface area (Å²) >= 11 is 5.20. The summed E-state index contributed by atoms with van der Waals surface area (Å²) in [4.78, 5) is 13.2. The number of hydrogen-bond donors (Lipinski definition) is 2. The maximum atomic E-state index is 11.9. The molecule has 0 unspecified atom stereocenters. The Morgan fingerprint density at radius 1 is 1.22 bits per heavy atom. The Morgan fingerprint density at radius 2 is 2.04 bits per heavy atom. The van der Waals surface area contributed by atoms with Gasteiger partial charge in [0.2, 0.25) is 5.91 Å². The van der Waals surface area contributed by atoms with Crippen molar-refractivity contribution in [2.45, 2.75) is 38.9 Å². The molecule has 3 rings (SSSR count). The molecule has 124 valence electrons. The Bertz CT molecular complexity index is 674. The van der Waals surface area contributed by atoms with E-state index in [0.29, 0.717) is 13.0 Å². The van der Waals surface area contributed by atoms with Gasteiger partial charge in [0.25, 0.3) is 0 Å². The number of aryl methyl sites for hydroxylation is 1. The van der Waals surface area contributed by atoms with Crippen molar-refractivity contribution in [3.05, 3.63) is 55.7 Å². The fourth-order valence-corrected chi connectivity index (χ4v) is 4.18. The monoisotopic (exact) mass is 414 g/mol. The van der Waals surface area contributed by atoms with E-state index in [4.69, 9.17) is 0 Å². The van der Waals surface area contributed by atoms with E-state index in [-0.39, 0.29) is 18.3 Å². The fourth-order valence-electron chi connectivity index (χ4n) is 2.66. The molecule has 0 fully saturated rings. The molecule has 1 amide bonds. The Balaban J connectivity index is 0.00000192. The summed E-state index contributed by atoms with van der Waals surface area (Å²) in [6.07, 6.45) is 2.45. The van der Waals surface area contributed by atoms with Gasteiger partial charge in [-0.2, -0.15) is 0 Å². The second-order valence-electron chi connectivity index (χ2n) is 5.54. The lowest BCUT2D eigenvalue weighted by Crippen LogP contribution is -2.22. The first-order valence-corrected chi connectivity index (χ1v) is 9.14. The van der Waals surface area contributed by atoms with E-state index < -0.39 is 0 Å². The smallest absolute Gasteiger partial charge is 0.220 e. The summed E-state index contributed by atoms with van der Waals surface area (Å²) in [5, 5.41) is 6.35. The van der Waals surface area contributed by atoms with Crippen LogP contribution in [0, 0.1) is 0 Å². The Morgan fingerprint density at radius 3 is 2.83 bits per heavy atom. The summed E-state index contributed by atoms with van der Waals surface area (Å²) in [6, 6.07) is 10.6. The van der Waals surface area contributed by atoms with Crippen LogP contribution in [0.3, 0.4) is 0 Å². The lowest BCUT2D eigenvalue weighted by Gasteiger charge is -2.07. The quantitative estimate of drug-likeness (QED) is 0.743. The third kappa shape index (κ3) is 5.31. The minimum Gasteiger partial charge on any atom is -0.352 e. The molecule has 2 heterocycles. The topological polar surface area (TPSA) is 41.1 Å². The Hall–Kier alpha value is -0.880. The van der Waals surface area contributed by atoms with E-state index in [9.17, 15) is 4.79 Å². The van der Waals surface area contributed by atoms with Gasteiger partial charge in [0.1, 0.15) is 0 Å². The van der Waals surface area contributed by atoms with Crippen LogP contribution in [0.5, 0.6) is 0 Å². The first kappa shape index (κ1) is 18.5. The molecule has 0 aliphatic carbocycles. The van der Waals surface area contributed by atoms with E-state index in [1.807, 2.05) is 0 Å². The predicted molar refractivity (Wildman–Crippen MR) is 101 cm³/mol. The highest BCUT2D eigenvalue weighted by molar-refractivity contribution is 9.11. The molecule has 1 aromatic heterocycles. The maximum Gasteiger partial charge on any atom is 0.220 e. The van der Waals surface area contributed by atoms with Gasteiger partial charge in [0.05, 0.1) is 3.79 Å². The molecule has 2 aromatic rings. The van der Waals surface area contributed by atoms with Gasteiger partial charge in [-0.3, -0.25) is 4.79 Å². The third-order valence-electron chi connectivity index (χ3n) is 3.85. The average Bonchev–Trinajstić information content (AvgIpc) is 3.13. The van der Waals surface area contributed by atoms with Crippen molar-refractivity contribution in [1.29, 1.82) is 0 Å². The zero-order valence-corrected chi connectivity index (χ0v) is 16.0. The van der Waals surface area contributed by atoms with Crippen LogP contribution < -0.4 is 10.6 Å². The van der Waals surface area contributed by atoms with Crippen molar-refractivity contribution in [3.8, 4) is 0 Å². The van der Waals surface area contributed by atoms with Gasteiger partial charge in [-0.05, 0) is 57.6 Å². The van der Waals surface area contributed by atoms with Gasteiger partial charge in [-0.15, -0.1) is 23.7 Å². The van der Waals surface area contributed by atoms with Crippen LogP contribution in [0.2, 0.25) is 0 Å². The zero-order chi connectivity index (χ0) is 15.4. The van der Waals surface area contributed by atoms with Crippen molar-refractivity contribution in [2.75, 3.05) is 0 Å². The number of carbonyl (C=O) groups is 1. The number of amides is 1. The highest BCUT2D eigenvalue weighted by Gasteiger charge is 2.10. The molecular formula is C17H20BrClN2OS. The van der Waals surface area contributed by atoms with Crippen molar-refractivity contribution in [2.24, 2.45) is 0 Å². The van der Waals surface area contributed by atoms with E-state index in [2.05, 4.69) is 56.9 Å². The molecule has 2 N–H and O–H groups in total. The van der Waals surface area contributed by atoms with Crippen LogP contribution in [0.15, 0.2) is 34.1 Å². The Labute approximate surface area is 155 Å². The van der Waals surface area contributed by atoms with Crippen LogP contribution in [0.1, 0.15) is 34.4 Å². The van der Waals surface area contributed by atoms with Crippen molar-refractivity contribution in [1.82, 2.24) is 10.6 Å². The molecule has 1 aliphatic rings. The summed E-state index contributed by atoms with van der Waals surface area (Å²) in [5.74, 6) is 0.134. The second-order valence-corrected chi connectivity index (χ2v) is 8.09. The lowest BCUT2D eigenvalue weighted by atomic mass is 10.1. The maximum absolute atomic E-state index is 11.9. The van der Waals surface area contributed by atoms with Gasteiger partial charge in [0.15, 0.2) is 0 Å². The van der Waals surface area contributed by atoms with E-state index in [0.717, 1.165) is 29.7 Å². The first-order valence-electron chi connectivity index (χ1n) is 7.53. The average molecular weight is 416 g/mol. The van der Waals surface area contributed by atoms with Crippen LogP contribution in [0.25, 0.3) is 0 Å². The SMILES string of the molecule is Cl.O=C(CCCc1ccc(Br)s1)NCc1ccc2c(c1)CNC2. The van der Waals surface area contributed by atoms with Gasteiger partial charge in [-0.25, -0.2) is 0 Å². The number of halogens is 2. The predicted octanol–water partition coefficient (Wildman–Crippen LogP) is 4.17. The molecule has 0 saturated carbocycles. The molecule has 0 saturated heterocycles. The number of rotatable bonds is 6. The number of nitrogens with one attached hydrogen (secondary N) is 2. The van der Waals surface area contributed by atoms with Crippen molar-refractivity contribution < 1.29 is 4.79 Å². The standard InChI is InChI=1S/C17H19BrN2OS.ClH/c18-16-7-6-15(22-16)2-1-3-17(21)20-9-12-4-5-13-10-19-11-14(13)8-12;/h4-8,19H,1-3,9-11H2,(H,20,21);1H. The molecule has 0 bridgehead atoms. The summed E-state index contributed by atoms with van der Waals surface area (Å²) in [5.41, 5.74) is 3.91. The molecule has 1 aromatic carbocycles. The largest absolute Gasteiger partial charge is 0.352 e. The second kappa shape index (κ2) is 8.83. The number of hydrogen-bond acceptors (Lipinski definition) is 3. The van der Waals surface area contributed by atoms with Gasteiger partial charge >= 0.3 is 0 Å². The molecule has 0 radical (unpaired) electrons. The first-order chi connectivity index (χ1) is 10.7. The van der Waals surface area contributed by atoms with Crippen LogP contribution >= 0.6 is 39.7 Å². The summed E-state index contributed by atoms with van der Waals surface area (Å²) in [7, 11) is 0. The third-order valence-corrected chi connectivity index (χ3v) is 5.53. The molecular weight excluding hydrogens is 396 g/mol. The minimum atomic E-state index is 0. The Kier molecular flexibility index (Phi) is 7.09. The number of carbonyl (C=O) groups excluding carboxylic acids is 1. The van der Waals surface area contributed by atoms with Gasteiger partial charge < -0.3 is 10.6 Å². The summed E-state index contributed by atoms with van der Waals surface area (Å²) in [6.45, 7) is 2.52. The number of thiophene rings is 1. The minimum absolute atomic E-state index is 0. The van der Waals surface area contributed by atoms with Gasteiger partial charge in [0, 0.05) is 30.9 Å². The van der Waals surface area contributed by atoms with Crippen molar-refractivity contribution in [3.63, 3.8) is 0 Å². The number of benzene rings is 1. The van der Waals surface area contributed by atoms with Crippen molar-refractivity contribution >= 4 is 45.6 Å². The molecule has 6 heteroatoms. The van der Waals surface area contributed by atoms with Crippen LogP contribution in [-0.4, -0.2) is 5.91 Å². The normalized spacial score (nSPS) is 12.6. The fraction of sp³-hybridized carbons (Fsp3) is 0.353.